The van der Waals surface area contributed by atoms with Gasteiger partial charge in [0.15, 0.2) is 34.0 Å². The van der Waals surface area contributed by atoms with E-state index >= 15 is 0 Å². The molecular weight excluding hydrogens is 352 g/mol. The molecule has 0 aliphatic heterocycles. The van der Waals surface area contributed by atoms with Crippen LogP contribution in [0.2, 0.25) is 5.15 Å². The highest BCUT2D eigenvalue weighted by Crippen LogP contribution is 2.35. The average molecular weight is 364 g/mol. The van der Waals surface area contributed by atoms with Crippen LogP contribution < -0.4 is 15.2 Å². The van der Waals surface area contributed by atoms with Crippen molar-refractivity contribution in [3.8, 4) is 23.0 Å². The first kappa shape index (κ1) is 16.9. The molecule has 0 aliphatic carbocycles. The molecule has 5 nitrogen and oxygen atoms in total. The zero-order chi connectivity index (χ0) is 18.0. The summed E-state index contributed by atoms with van der Waals surface area (Å²) >= 11 is 5.63. The number of rotatable bonds is 4. The number of halogens is 3. The van der Waals surface area contributed by atoms with Gasteiger partial charge >= 0.3 is 0 Å². The number of nitrogens with zero attached hydrogens (tertiary/aromatic N) is 2. The van der Waals surface area contributed by atoms with E-state index in [1.54, 1.807) is 6.92 Å². The first-order valence-corrected chi connectivity index (χ1v) is 7.49. The maximum absolute atomic E-state index is 13.9. The van der Waals surface area contributed by atoms with Gasteiger partial charge in [-0.25, -0.2) is 9.37 Å². The van der Waals surface area contributed by atoms with Gasteiger partial charge in [0.1, 0.15) is 0 Å². The predicted octanol–water partition coefficient (Wildman–Crippen LogP) is 4.88. The Balaban J connectivity index is 1.91. The molecule has 8 heteroatoms. The van der Waals surface area contributed by atoms with E-state index in [0.717, 1.165) is 6.07 Å². The van der Waals surface area contributed by atoms with E-state index < -0.39 is 11.6 Å². The molecule has 0 aliphatic rings. The Labute approximate surface area is 147 Å². The van der Waals surface area contributed by atoms with E-state index in [4.69, 9.17) is 26.8 Å². The van der Waals surface area contributed by atoms with E-state index in [1.165, 1.54) is 36.8 Å². The van der Waals surface area contributed by atoms with Crippen molar-refractivity contribution in [2.24, 2.45) is 0 Å². The minimum atomic E-state index is -0.792. The van der Waals surface area contributed by atoms with Crippen LogP contribution in [0.25, 0.3) is 0 Å². The van der Waals surface area contributed by atoms with Crippen molar-refractivity contribution >= 4 is 17.3 Å². The van der Waals surface area contributed by atoms with E-state index in [-0.39, 0.29) is 33.8 Å². The fourth-order valence-electron chi connectivity index (χ4n) is 2.01. The fraction of sp³-hybridized carbons (Fsp3) is 0.0588. The van der Waals surface area contributed by atoms with Crippen LogP contribution in [0.4, 0.5) is 14.5 Å². The number of nitrogen functional groups attached to an aromatic ring is 1. The Hall–Kier alpha value is -2.93. The van der Waals surface area contributed by atoms with Crippen molar-refractivity contribution in [1.29, 1.82) is 0 Å². The van der Waals surface area contributed by atoms with Gasteiger partial charge in [0.25, 0.3) is 0 Å². The third-order valence-corrected chi connectivity index (χ3v) is 3.59. The lowest BCUT2D eigenvalue weighted by Crippen LogP contribution is -1.97. The van der Waals surface area contributed by atoms with Crippen LogP contribution in [0.1, 0.15) is 5.56 Å². The molecule has 3 aromatic rings. The molecule has 1 aromatic carbocycles. The van der Waals surface area contributed by atoms with Crippen molar-refractivity contribution in [1.82, 2.24) is 9.97 Å². The van der Waals surface area contributed by atoms with Crippen LogP contribution in [0.5, 0.6) is 23.0 Å². The van der Waals surface area contributed by atoms with Gasteiger partial charge in [0.2, 0.25) is 5.82 Å². The van der Waals surface area contributed by atoms with Gasteiger partial charge in [0.05, 0.1) is 12.4 Å². The summed E-state index contributed by atoms with van der Waals surface area (Å²) in [6.07, 6.45) is 4.09. The molecule has 0 fully saturated rings. The average Bonchev–Trinajstić information content (AvgIpc) is 2.57. The second kappa shape index (κ2) is 6.90. The number of nitrogens with two attached hydrogens (primary N) is 1. The van der Waals surface area contributed by atoms with Crippen molar-refractivity contribution in [3.63, 3.8) is 0 Å². The monoisotopic (exact) mass is 363 g/mol. The zero-order valence-electron chi connectivity index (χ0n) is 13.0. The quantitative estimate of drug-likeness (QED) is 0.528. The fourth-order valence-corrected chi connectivity index (χ4v) is 2.16. The van der Waals surface area contributed by atoms with Gasteiger partial charge in [-0.15, -0.1) is 0 Å². The summed E-state index contributed by atoms with van der Waals surface area (Å²) in [4.78, 5) is 7.58. The van der Waals surface area contributed by atoms with Crippen LogP contribution in [0.3, 0.4) is 0 Å². The predicted molar refractivity (Wildman–Crippen MR) is 89.1 cm³/mol. The van der Waals surface area contributed by atoms with Gasteiger partial charge in [-0.2, -0.15) is 4.39 Å². The van der Waals surface area contributed by atoms with Crippen LogP contribution in [-0.2, 0) is 0 Å². The van der Waals surface area contributed by atoms with Gasteiger partial charge < -0.3 is 15.2 Å². The summed E-state index contributed by atoms with van der Waals surface area (Å²) in [7, 11) is 0. The number of ether oxygens (including phenoxy) is 2. The molecular formula is C17H12ClF2N3O2. The molecule has 0 bridgehead atoms. The highest BCUT2D eigenvalue weighted by molar-refractivity contribution is 6.29. The molecule has 0 atom stereocenters. The molecule has 2 aromatic heterocycles. The Morgan fingerprint density at radius 2 is 1.68 bits per heavy atom. The molecule has 0 saturated heterocycles. The normalized spacial score (nSPS) is 10.6. The van der Waals surface area contributed by atoms with E-state index in [0.29, 0.717) is 5.56 Å². The van der Waals surface area contributed by atoms with E-state index in [2.05, 4.69) is 9.97 Å². The Morgan fingerprint density at radius 1 is 1.00 bits per heavy atom. The van der Waals surface area contributed by atoms with Gasteiger partial charge in [-0.1, -0.05) is 11.6 Å². The molecule has 0 saturated carbocycles. The minimum Gasteiger partial charge on any atom is -0.452 e. The van der Waals surface area contributed by atoms with Crippen molar-refractivity contribution in [2.45, 2.75) is 6.92 Å². The number of pyridine rings is 2. The van der Waals surface area contributed by atoms with Gasteiger partial charge in [-0.05, 0) is 19.1 Å². The second-order valence-corrected chi connectivity index (χ2v) is 5.43. The van der Waals surface area contributed by atoms with Crippen LogP contribution >= 0.6 is 11.6 Å². The largest absolute Gasteiger partial charge is 0.452 e. The molecule has 128 valence electrons. The lowest BCUT2D eigenvalue weighted by molar-refractivity contribution is 0.416. The second-order valence-electron chi connectivity index (χ2n) is 5.07. The highest BCUT2D eigenvalue weighted by atomic mass is 35.5. The molecule has 25 heavy (non-hydrogen) atoms. The topological polar surface area (TPSA) is 70.3 Å². The summed E-state index contributed by atoms with van der Waals surface area (Å²) in [5, 5.41) is -0.306. The summed E-state index contributed by atoms with van der Waals surface area (Å²) in [5.41, 5.74) is 6.29. The van der Waals surface area contributed by atoms with Crippen LogP contribution in [0.15, 0.2) is 42.9 Å². The SMILES string of the molecule is Cc1c(Oc2ccc(N)cc2F)cncc1Oc1ccnc(Cl)c1F. The van der Waals surface area contributed by atoms with E-state index in [9.17, 15) is 8.78 Å². The lowest BCUT2D eigenvalue weighted by Gasteiger charge is -2.13. The summed E-state index contributed by atoms with van der Waals surface area (Å²) in [6.45, 7) is 1.67. The maximum atomic E-state index is 13.9. The van der Waals surface area contributed by atoms with Gasteiger partial charge in [0, 0.05) is 29.6 Å². The van der Waals surface area contributed by atoms with Crippen molar-refractivity contribution in [2.75, 3.05) is 5.73 Å². The molecule has 2 N–H and O–H groups in total. The summed E-state index contributed by atoms with van der Waals surface area (Å²) in [5.74, 6) is -1.05. The minimum absolute atomic E-state index is 0.0191. The third-order valence-electron chi connectivity index (χ3n) is 3.33. The summed E-state index contributed by atoms with van der Waals surface area (Å²) in [6, 6.07) is 5.39. The number of hydrogen-bond acceptors (Lipinski definition) is 5. The van der Waals surface area contributed by atoms with Crippen molar-refractivity contribution < 1.29 is 18.3 Å². The highest BCUT2D eigenvalue weighted by Gasteiger charge is 2.15. The van der Waals surface area contributed by atoms with Crippen LogP contribution in [-0.4, -0.2) is 9.97 Å². The molecule has 2 heterocycles. The Bertz CT molecular complexity index is 938. The Kier molecular flexibility index (Phi) is 4.67. The standard InChI is InChI=1S/C17H12ClF2N3O2/c1-9-14(24-12-3-2-10(21)6-11(12)19)7-22-8-15(9)25-13-4-5-23-17(18)16(13)20/h2-8H,21H2,1H3. The van der Waals surface area contributed by atoms with Crippen LogP contribution in [0, 0.1) is 18.6 Å². The number of benzene rings is 1. The zero-order valence-corrected chi connectivity index (χ0v) is 13.7. The number of aromatic nitrogens is 2. The summed E-state index contributed by atoms with van der Waals surface area (Å²) < 4.78 is 38.8. The van der Waals surface area contributed by atoms with Gasteiger partial charge in [-0.3, -0.25) is 4.98 Å². The lowest BCUT2D eigenvalue weighted by atomic mass is 10.2. The molecule has 0 spiro atoms. The number of anilines is 1. The first-order chi connectivity index (χ1) is 12.0. The molecule has 0 unspecified atom stereocenters. The smallest absolute Gasteiger partial charge is 0.202 e. The van der Waals surface area contributed by atoms with E-state index in [1.807, 2.05) is 0 Å². The van der Waals surface area contributed by atoms with Crippen molar-refractivity contribution in [3.05, 3.63) is 65.2 Å². The maximum Gasteiger partial charge on any atom is 0.202 e. The number of hydrogen-bond donors (Lipinski definition) is 1. The molecule has 0 radical (unpaired) electrons. The molecule has 0 amide bonds. The first-order valence-electron chi connectivity index (χ1n) is 7.11. The molecule has 3 rings (SSSR count). The Morgan fingerprint density at radius 3 is 2.36 bits per heavy atom. The third kappa shape index (κ3) is 3.61.